The van der Waals surface area contributed by atoms with Crippen molar-refractivity contribution in [3.8, 4) is 0 Å². The predicted octanol–water partition coefficient (Wildman–Crippen LogP) is 1.03. The van der Waals surface area contributed by atoms with Crippen LogP contribution in [0.3, 0.4) is 0 Å². The Hall–Kier alpha value is -1.89. The van der Waals surface area contributed by atoms with Gasteiger partial charge in [0.15, 0.2) is 0 Å². The molecule has 0 saturated heterocycles. The normalized spacial score (nSPS) is 21.3. The second-order valence-electron chi connectivity index (χ2n) is 3.79. The summed E-state index contributed by atoms with van der Waals surface area (Å²) in [5.74, 6) is -0.667. The third-order valence-electron chi connectivity index (χ3n) is 2.83. The van der Waals surface area contributed by atoms with Crippen molar-refractivity contribution in [2.24, 2.45) is 0 Å². The topological polar surface area (TPSA) is 80.8 Å². The van der Waals surface area contributed by atoms with E-state index in [1.807, 2.05) is 0 Å². The standard InChI is InChI=1S/C11H11NO5S/c1-7-12(11(14)17-2)10(13)8-5-3-4-6-9(8)18(7,15)16/h3-7H,1-2H3. The van der Waals surface area contributed by atoms with Gasteiger partial charge in [0.1, 0.15) is 5.37 Å². The summed E-state index contributed by atoms with van der Waals surface area (Å²) in [7, 11) is -2.66. The largest absolute Gasteiger partial charge is 0.452 e. The van der Waals surface area contributed by atoms with E-state index >= 15 is 0 Å². The lowest BCUT2D eigenvalue weighted by atomic mass is 10.2. The molecule has 0 fully saturated rings. The van der Waals surface area contributed by atoms with Crippen LogP contribution in [0.2, 0.25) is 0 Å². The summed E-state index contributed by atoms with van der Waals surface area (Å²) in [6.45, 7) is 1.28. The third kappa shape index (κ3) is 1.59. The Morgan fingerprint density at radius 3 is 2.56 bits per heavy atom. The number of benzene rings is 1. The fourth-order valence-electron chi connectivity index (χ4n) is 1.84. The van der Waals surface area contributed by atoms with E-state index < -0.39 is 27.2 Å². The molecule has 0 radical (unpaired) electrons. The summed E-state index contributed by atoms with van der Waals surface area (Å²) in [6, 6.07) is 5.80. The predicted molar refractivity (Wildman–Crippen MR) is 61.7 cm³/mol. The number of imide groups is 1. The van der Waals surface area contributed by atoms with Gasteiger partial charge in [0.25, 0.3) is 5.91 Å². The Balaban J connectivity index is 2.69. The molecule has 1 heterocycles. The number of ether oxygens (including phenoxy) is 1. The number of amides is 2. The second-order valence-corrected chi connectivity index (χ2v) is 6.00. The van der Waals surface area contributed by atoms with Crippen molar-refractivity contribution in [3.63, 3.8) is 0 Å². The minimum Gasteiger partial charge on any atom is -0.452 e. The molecular weight excluding hydrogens is 258 g/mol. The van der Waals surface area contributed by atoms with E-state index in [0.29, 0.717) is 4.90 Å². The highest BCUT2D eigenvalue weighted by Gasteiger charge is 2.44. The van der Waals surface area contributed by atoms with E-state index in [-0.39, 0.29) is 10.5 Å². The first-order valence-electron chi connectivity index (χ1n) is 5.15. The van der Waals surface area contributed by atoms with Crippen LogP contribution in [-0.2, 0) is 14.6 Å². The van der Waals surface area contributed by atoms with E-state index in [1.54, 1.807) is 0 Å². The zero-order valence-electron chi connectivity index (χ0n) is 9.78. The molecule has 1 aromatic rings. The van der Waals surface area contributed by atoms with Crippen LogP contribution >= 0.6 is 0 Å². The maximum Gasteiger partial charge on any atom is 0.417 e. The molecule has 96 valence electrons. The van der Waals surface area contributed by atoms with E-state index in [1.165, 1.54) is 31.2 Å². The lowest BCUT2D eigenvalue weighted by Gasteiger charge is -2.31. The number of fused-ring (bicyclic) bond motifs is 1. The Bertz CT molecular complexity index is 622. The summed E-state index contributed by atoms with van der Waals surface area (Å²) in [6.07, 6.45) is -0.981. The van der Waals surface area contributed by atoms with Crippen molar-refractivity contribution < 1.29 is 22.7 Å². The molecule has 1 aromatic carbocycles. The van der Waals surface area contributed by atoms with Crippen LogP contribution in [0.1, 0.15) is 17.3 Å². The highest BCUT2D eigenvalue weighted by atomic mass is 32.2. The summed E-state index contributed by atoms with van der Waals surface area (Å²) in [5.41, 5.74) is -0.0130. The minimum atomic E-state index is -3.75. The minimum absolute atomic E-state index is 0.0130. The molecule has 6 nitrogen and oxygen atoms in total. The Morgan fingerprint density at radius 2 is 1.94 bits per heavy atom. The lowest BCUT2D eigenvalue weighted by Crippen LogP contribution is -2.50. The summed E-state index contributed by atoms with van der Waals surface area (Å²) in [4.78, 5) is 24.1. The smallest absolute Gasteiger partial charge is 0.417 e. The Kier molecular flexibility index (Phi) is 2.86. The van der Waals surface area contributed by atoms with Crippen molar-refractivity contribution in [1.29, 1.82) is 0 Å². The van der Waals surface area contributed by atoms with Gasteiger partial charge in [0.05, 0.1) is 17.6 Å². The molecule has 0 N–H and O–H groups in total. The number of sulfone groups is 1. The van der Waals surface area contributed by atoms with Gasteiger partial charge in [-0.05, 0) is 19.1 Å². The van der Waals surface area contributed by atoms with Crippen molar-refractivity contribution >= 4 is 21.8 Å². The molecule has 1 atom stereocenters. The maximum atomic E-state index is 12.2. The number of carbonyl (C=O) groups excluding carboxylic acids is 2. The van der Waals surface area contributed by atoms with Crippen LogP contribution in [0.5, 0.6) is 0 Å². The Morgan fingerprint density at radius 1 is 1.33 bits per heavy atom. The van der Waals surface area contributed by atoms with Crippen LogP contribution in [-0.4, -0.2) is 37.8 Å². The Labute approximate surface area is 104 Å². The van der Waals surface area contributed by atoms with Crippen LogP contribution in [0.25, 0.3) is 0 Å². The molecule has 2 rings (SSSR count). The summed E-state index contributed by atoms with van der Waals surface area (Å²) < 4.78 is 28.8. The van der Waals surface area contributed by atoms with Crippen molar-refractivity contribution in [2.45, 2.75) is 17.2 Å². The molecule has 0 bridgehead atoms. The highest BCUT2D eigenvalue weighted by molar-refractivity contribution is 7.92. The van der Waals surface area contributed by atoms with Gasteiger partial charge < -0.3 is 4.74 Å². The quantitative estimate of drug-likeness (QED) is 0.702. The van der Waals surface area contributed by atoms with Gasteiger partial charge in [0, 0.05) is 0 Å². The van der Waals surface area contributed by atoms with Gasteiger partial charge in [-0.3, -0.25) is 4.79 Å². The van der Waals surface area contributed by atoms with E-state index in [4.69, 9.17) is 0 Å². The molecule has 1 aliphatic heterocycles. The SMILES string of the molecule is COC(=O)N1C(=O)c2ccccc2S(=O)(=O)C1C. The third-order valence-corrected chi connectivity index (χ3v) is 4.90. The molecule has 1 aliphatic rings. The zero-order chi connectivity index (χ0) is 13.5. The van der Waals surface area contributed by atoms with Gasteiger partial charge >= 0.3 is 6.09 Å². The van der Waals surface area contributed by atoms with Crippen LogP contribution in [0, 0.1) is 0 Å². The highest BCUT2D eigenvalue weighted by Crippen LogP contribution is 2.30. The fraction of sp³-hybridized carbons (Fsp3) is 0.273. The monoisotopic (exact) mass is 269 g/mol. The van der Waals surface area contributed by atoms with Crippen molar-refractivity contribution in [3.05, 3.63) is 29.8 Å². The first kappa shape index (κ1) is 12.6. The number of rotatable bonds is 0. The molecule has 0 aliphatic carbocycles. The number of hydrogen-bond donors (Lipinski definition) is 0. The van der Waals surface area contributed by atoms with Gasteiger partial charge in [-0.15, -0.1) is 0 Å². The van der Waals surface area contributed by atoms with Gasteiger partial charge in [-0.1, -0.05) is 12.1 Å². The molecule has 1 unspecified atom stereocenters. The van der Waals surface area contributed by atoms with E-state index in [2.05, 4.69) is 4.74 Å². The molecule has 2 amide bonds. The first-order valence-corrected chi connectivity index (χ1v) is 6.70. The number of hydrogen-bond acceptors (Lipinski definition) is 5. The number of methoxy groups -OCH3 is 1. The van der Waals surface area contributed by atoms with E-state index in [9.17, 15) is 18.0 Å². The molecule has 18 heavy (non-hydrogen) atoms. The van der Waals surface area contributed by atoms with Gasteiger partial charge in [-0.25, -0.2) is 18.1 Å². The number of nitrogens with zero attached hydrogens (tertiary/aromatic N) is 1. The molecule has 7 heteroatoms. The summed E-state index contributed by atoms with van der Waals surface area (Å²) >= 11 is 0. The average molecular weight is 269 g/mol. The van der Waals surface area contributed by atoms with Crippen molar-refractivity contribution in [1.82, 2.24) is 4.90 Å². The van der Waals surface area contributed by atoms with Crippen molar-refractivity contribution in [2.75, 3.05) is 7.11 Å². The molecule has 0 saturated carbocycles. The second kappa shape index (κ2) is 4.09. The summed E-state index contributed by atoms with van der Waals surface area (Å²) in [5, 5.41) is -1.27. The molecule has 0 aromatic heterocycles. The van der Waals surface area contributed by atoms with Crippen LogP contribution in [0.4, 0.5) is 4.79 Å². The van der Waals surface area contributed by atoms with E-state index in [0.717, 1.165) is 7.11 Å². The fourth-order valence-corrected chi connectivity index (χ4v) is 3.40. The first-order chi connectivity index (χ1) is 8.41. The molecular formula is C11H11NO5S. The average Bonchev–Trinajstić information content (AvgIpc) is 2.37. The molecule has 0 spiro atoms. The van der Waals surface area contributed by atoms with Gasteiger partial charge in [-0.2, -0.15) is 0 Å². The lowest BCUT2D eigenvalue weighted by molar-refractivity contribution is 0.0677. The number of carbonyl (C=O) groups is 2. The van der Waals surface area contributed by atoms with Crippen LogP contribution < -0.4 is 0 Å². The van der Waals surface area contributed by atoms with Gasteiger partial charge in [0.2, 0.25) is 9.84 Å². The zero-order valence-corrected chi connectivity index (χ0v) is 10.6. The maximum absolute atomic E-state index is 12.2. The van der Waals surface area contributed by atoms with Crippen LogP contribution in [0.15, 0.2) is 29.2 Å².